The number of carbonyl (C=O) groups is 2. The molecule has 0 saturated heterocycles. The quantitative estimate of drug-likeness (QED) is 0.129. The van der Waals surface area contributed by atoms with Gasteiger partial charge in [0.15, 0.2) is 23.0 Å². The van der Waals surface area contributed by atoms with E-state index < -0.39 is 0 Å². The van der Waals surface area contributed by atoms with Crippen LogP contribution in [0.4, 0.5) is 16.3 Å². The number of fused-ring (bicyclic) bond motifs is 1. The number of esters is 1. The maximum atomic E-state index is 13.0. The number of rotatable bonds is 11. The number of nitrogens with one attached hydrogen (secondary N) is 1. The average molecular weight is 585 g/mol. The average Bonchev–Trinajstić information content (AvgIpc) is 3.35. The van der Waals surface area contributed by atoms with Gasteiger partial charge >= 0.3 is 12.0 Å². The lowest BCUT2D eigenvalue weighted by atomic mass is 10.2. The second-order valence-electron chi connectivity index (χ2n) is 9.38. The Kier molecular flexibility index (Phi) is 9.25. The van der Waals surface area contributed by atoms with Crippen LogP contribution in [-0.2, 0) is 9.53 Å². The van der Waals surface area contributed by atoms with E-state index in [1.165, 1.54) is 13.4 Å². The van der Waals surface area contributed by atoms with Gasteiger partial charge in [-0.25, -0.2) is 19.2 Å². The molecule has 4 aromatic rings. The first kappa shape index (κ1) is 29.6. The van der Waals surface area contributed by atoms with Crippen LogP contribution in [0.2, 0.25) is 5.02 Å². The van der Waals surface area contributed by atoms with Crippen LogP contribution in [0.3, 0.4) is 0 Å². The van der Waals surface area contributed by atoms with E-state index in [1.807, 2.05) is 0 Å². The second-order valence-corrected chi connectivity index (χ2v) is 9.78. The summed E-state index contributed by atoms with van der Waals surface area (Å²) < 4.78 is 27.2. The molecule has 2 aromatic heterocycles. The Morgan fingerprint density at radius 3 is 2.59 bits per heavy atom. The standard InChI is InChI=1S/C28H30ClN5O7/c1-6-38-26(35)8-7-11-39-24-15-21-19(14-23(24)37-5)27(31-16-30-21)40-18-9-10-22(20(29)13-18)34(3,4)28(36)32-25-12-17(2)41-33-25/h9-10,12-16H,6-8,11H2,1-5H3/p+1. The Bertz CT molecular complexity index is 1560. The van der Waals surface area contributed by atoms with Gasteiger partial charge in [-0.2, -0.15) is 0 Å². The van der Waals surface area contributed by atoms with Crippen LogP contribution in [-0.4, -0.2) is 61.5 Å². The number of urea groups is 1. The molecule has 0 aliphatic rings. The van der Waals surface area contributed by atoms with E-state index in [2.05, 4.69) is 20.4 Å². The van der Waals surface area contributed by atoms with Crippen molar-refractivity contribution in [1.29, 1.82) is 0 Å². The zero-order valence-corrected chi connectivity index (χ0v) is 24.2. The van der Waals surface area contributed by atoms with Crippen molar-refractivity contribution in [2.24, 2.45) is 0 Å². The smallest absolute Gasteiger partial charge is 0.426 e. The number of halogens is 1. The number of amides is 2. The predicted molar refractivity (Wildman–Crippen MR) is 153 cm³/mol. The van der Waals surface area contributed by atoms with Crippen molar-refractivity contribution in [3.05, 3.63) is 53.5 Å². The summed E-state index contributed by atoms with van der Waals surface area (Å²) in [7, 11) is 4.92. The minimum atomic E-state index is -0.360. The zero-order valence-electron chi connectivity index (χ0n) is 23.4. The van der Waals surface area contributed by atoms with E-state index in [1.54, 1.807) is 64.3 Å². The highest BCUT2D eigenvalue weighted by Gasteiger charge is 2.33. The predicted octanol–water partition coefficient (Wildman–Crippen LogP) is 5.90. The van der Waals surface area contributed by atoms with Crippen LogP contribution in [0.25, 0.3) is 10.9 Å². The first-order chi connectivity index (χ1) is 19.6. The number of aromatic nitrogens is 3. The van der Waals surface area contributed by atoms with Crippen molar-refractivity contribution >= 4 is 46.0 Å². The minimum Gasteiger partial charge on any atom is -0.493 e. The Hall–Kier alpha value is -4.42. The Morgan fingerprint density at radius 1 is 1.10 bits per heavy atom. The summed E-state index contributed by atoms with van der Waals surface area (Å²) in [5, 5.41) is 7.43. The molecular weight excluding hydrogens is 554 g/mol. The lowest BCUT2D eigenvalue weighted by molar-refractivity contribution is -0.143. The summed E-state index contributed by atoms with van der Waals surface area (Å²) in [6.07, 6.45) is 2.12. The molecule has 216 valence electrons. The molecule has 0 atom stereocenters. The van der Waals surface area contributed by atoms with Crippen molar-refractivity contribution < 1.29 is 33.1 Å². The molecular formula is C28H31ClN5O7+. The summed E-state index contributed by atoms with van der Waals surface area (Å²) in [5.74, 6) is 2.23. The van der Waals surface area contributed by atoms with E-state index in [-0.39, 0.29) is 28.8 Å². The number of aryl methyl sites for hydroxylation is 1. The van der Waals surface area contributed by atoms with E-state index in [9.17, 15) is 9.59 Å². The van der Waals surface area contributed by atoms with Crippen LogP contribution in [0.5, 0.6) is 23.1 Å². The van der Waals surface area contributed by atoms with Gasteiger partial charge in [0, 0.05) is 30.7 Å². The second kappa shape index (κ2) is 12.8. The molecule has 2 heterocycles. The molecule has 41 heavy (non-hydrogen) atoms. The van der Waals surface area contributed by atoms with E-state index in [0.717, 1.165) is 0 Å². The maximum absolute atomic E-state index is 13.0. The minimum absolute atomic E-state index is 0.207. The highest BCUT2D eigenvalue weighted by Crippen LogP contribution is 2.38. The third-order valence-electron chi connectivity index (χ3n) is 6.08. The summed E-state index contributed by atoms with van der Waals surface area (Å²) in [4.78, 5) is 33.2. The van der Waals surface area contributed by atoms with Crippen molar-refractivity contribution in [1.82, 2.24) is 19.6 Å². The SMILES string of the molecule is CCOC(=O)CCCOc1cc2ncnc(Oc3ccc([N+](C)(C)C(=O)Nc4cc(C)on4)c(Cl)c3)c2cc1OC. The largest absolute Gasteiger partial charge is 0.493 e. The first-order valence-corrected chi connectivity index (χ1v) is 13.2. The maximum Gasteiger partial charge on any atom is 0.426 e. The topological polar surface area (TPSA) is 135 Å². The molecule has 0 radical (unpaired) electrons. The number of carbonyl (C=O) groups excluding carboxylic acids is 2. The number of benzene rings is 2. The molecule has 1 N–H and O–H groups in total. The molecule has 2 aromatic carbocycles. The van der Waals surface area contributed by atoms with Gasteiger partial charge < -0.3 is 23.5 Å². The number of ether oxygens (including phenoxy) is 4. The molecule has 0 aliphatic heterocycles. The van der Waals surface area contributed by atoms with Crippen LogP contribution >= 0.6 is 11.6 Å². The molecule has 0 bridgehead atoms. The van der Waals surface area contributed by atoms with Crippen molar-refractivity contribution in [2.75, 3.05) is 39.7 Å². The van der Waals surface area contributed by atoms with Gasteiger partial charge in [0.25, 0.3) is 0 Å². The zero-order chi connectivity index (χ0) is 29.6. The Balaban J connectivity index is 1.51. The number of anilines is 1. The van der Waals surface area contributed by atoms with E-state index >= 15 is 0 Å². The summed E-state index contributed by atoms with van der Waals surface area (Å²) >= 11 is 6.61. The fourth-order valence-electron chi connectivity index (χ4n) is 3.93. The molecule has 2 amide bonds. The highest BCUT2D eigenvalue weighted by atomic mass is 35.5. The first-order valence-electron chi connectivity index (χ1n) is 12.8. The van der Waals surface area contributed by atoms with Crippen molar-refractivity contribution in [3.8, 4) is 23.1 Å². The molecule has 0 spiro atoms. The number of quaternary nitrogens is 1. The van der Waals surface area contributed by atoms with Crippen LogP contribution in [0.1, 0.15) is 25.5 Å². The van der Waals surface area contributed by atoms with Gasteiger partial charge in [-0.3, -0.25) is 10.1 Å². The van der Waals surface area contributed by atoms with Crippen LogP contribution < -0.4 is 24.0 Å². The molecule has 0 fully saturated rings. The molecule has 12 nitrogen and oxygen atoms in total. The van der Waals surface area contributed by atoms with Gasteiger partial charge in [-0.05, 0) is 32.4 Å². The van der Waals surface area contributed by atoms with Crippen LogP contribution in [0.15, 0.2) is 47.2 Å². The Morgan fingerprint density at radius 2 is 1.90 bits per heavy atom. The van der Waals surface area contributed by atoms with Crippen molar-refractivity contribution in [3.63, 3.8) is 0 Å². The van der Waals surface area contributed by atoms with E-state index in [0.29, 0.717) is 70.1 Å². The summed E-state index contributed by atoms with van der Waals surface area (Å²) in [5.41, 5.74) is 1.10. The summed E-state index contributed by atoms with van der Waals surface area (Å²) in [6.45, 7) is 4.14. The van der Waals surface area contributed by atoms with Gasteiger partial charge in [-0.15, -0.1) is 0 Å². The van der Waals surface area contributed by atoms with E-state index in [4.69, 9.17) is 35.1 Å². The molecule has 0 aliphatic carbocycles. The number of methoxy groups -OCH3 is 1. The third kappa shape index (κ3) is 7.02. The van der Waals surface area contributed by atoms with Gasteiger partial charge in [0.05, 0.1) is 45.3 Å². The third-order valence-corrected chi connectivity index (χ3v) is 6.38. The number of hydrogen-bond acceptors (Lipinski definition) is 10. The normalized spacial score (nSPS) is 11.3. The molecule has 4 rings (SSSR count). The fourth-order valence-corrected chi connectivity index (χ4v) is 4.31. The molecule has 13 heteroatoms. The lowest BCUT2D eigenvalue weighted by Gasteiger charge is -2.26. The highest BCUT2D eigenvalue weighted by molar-refractivity contribution is 6.33. The lowest BCUT2D eigenvalue weighted by Crippen LogP contribution is -2.49. The summed E-state index contributed by atoms with van der Waals surface area (Å²) in [6, 6.07) is 9.71. The number of nitrogens with zero attached hydrogens (tertiary/aromatic N) is 4. The van der Waals surface area contributed by atoms with Crippen molar-refractivity contribution in [2.45, 2.75) is 26.7 Å². The molecule has 0 saturated carbocycles. The molecule has 0 unspecified atom stereocenters. The van der Waals surface area contributed by atoms with Gasteiger partial charge in [-0.1, -0.05) is 16.8 Å². The monoisotopic (exact) mass is 584 g/mol. The Labute approximate surface area is 241 Å². The van der Waals surface area contributed by atoms with Crippen LogP contribution in [0, 0.1) is 6.92 Å². The van der Waals surface area contributed by atoms with Gasteiger partial charge in [0.2, 0.25) is 5.88 Å². The number of hydrogen-bond donors (Lipinski definition) is 1. The van der Waals surface area contributed by atoms with Gasteiger partial charge in [0.1, 0.15) is 22.9 Å². The fraction of sp³-hybridized carbons (Fsp3) is 0.321.